The predicted molar refractivity (Wildman–Crippen MR) is 136 cm³/mol. The summed E-state index contributed by atoms with van der Waals surface area (Å²) in [5.74, 6) is -0.666. The van der Waals surface area contributed by atoms with Crippen LogP contribution in [-0.4, -0.2) is 44.6 Å². The lowest BCUT2D eigenvalue weighted by Crippen LogP contribution is -2.28. The zero-order chi connectivity index (χ0) is 26.3. The third-order valence-electron chi connectivity index (χ3n) is 6.61. The second kappa shape index (κ2) is 10.0. The van der Waals surface area contributed by atoms with Crippen molar-refractivity contribution in [2.75, 3.05) is 18.4 Å². The topological polar surface area (TPSA) is 119 Å². The number of piperidine rings is 1. The normalized spacial score (nSPS) is 14.5. The number of hydrogen-bond donors (Lipinski definition) is 2. The van der Waals surface area contributed by atoms with Gasteiger partial charge in [-0.1, -0.05) is 6.42 Å². The molecule has 37 heavy (non-hydrogen) atoms. The van der Waals surface area contributed by atoms with Gasteiger partial charge in [-0.2, -0.15) is 5.10 Å². The van der Waals surface area contributed by atoms with Gasteiger partial charge in [0.2, 0.25) is 0 Å². The van der Waals surface area contributed by atoms with E-state index in [1.165, 1.54) is 12.5 Å². The highest BCUT2D eigenvalue weighted by Crippen LogP contribution is 2.43. The van der Waals surface area contributed by atoms with Gasteiger partial charge in [0.05, 0.1) is 18.4 Å². The lowest BCUT2D eigenvalue weighted by atomic mass is 10.0. The van der Waals surface area contributed by atoms with E-state index in [0.717, 1.165) is 37.3 Å². The lowest BCUT2D eigenvalue weighted by Gasteiger charge is -2.25. The number of hydrogen-bond acceptors (Lipinski definition) is 7. The molecule has 4 aromatic heterocycles. The number of amides is 2. The van der Waals surface area contributed by atoms with Crippen LogP contribution in [0, 0.1) is 6.92 Å². The number of aryl methyl sites for hydroxylation is 1. The molecule has 0 saturated carbocycles. The first-order chi connectivity index (χ1) is 17.7. The van der Waals surface area contributed by atoms with Crippen LogP contribution in [0.25, 0.3) is 21.3 Å². The predicted octanol–water partition coefficient (Wildman–Crippen LogP) is 4.87. The van der Waals surface area contributed by atoms with E-state index in [1.807, 2.05) is 0 Å². The Bertz CT molecular complexity index is 1490. The van der Waals surface area contributed by atoms with Gasteiger partial charge in [-0.05, 0) is 56.6 Å². The Labute approximate surface area is 215 Å². The van der Waals surface area contributed by atoms with Crippen LogP contribution in [-0.2, 0) is 13.6 Å². The minimum atomic E-state index is -2.83. The number of thiophene rings is 1. The first-order valence-electron chi connectivity index (χ1n) is 11.9. The average Bonchev–Trinajstić information content (AvgIpc) is 3.57. The van der Waals surface area contributed by atoms with Gasteiger partial charge in [0.15, 0.2) is 5.76 Å². The SMILES string of the molecule is Cc1c(-c2cc(C(F)F)nc3sc(C(N)=O)c(NC(=O)c4ccc(CN5CCCCC5)o4)c23)cnn1C. The van der Waals surface area contributed by atoms with Crippen LogP contribution in [0.1, 0.15) is 63.1 Å². The highest BCUT2D eigenvalue weighted by molar-refractivity contribution is 7.21. The number of rotatable bonds is 7. The standard InChI is InChI=1S/C25H26F2N6O3S/c1-13-16(11-29-32(13)2)15-10-17(22(26)27)30-25-19(15)20(21(37-25)23(28)34)31-24(35)18-7-6-14(36-18)12-33-8-4-3-5-9-33/h6-7,10-11,22H,3-5,8-9,12H2,1-2H3,(H2,28,34)(H,31,35). The Hall–Kier alpha value is -3.64. The van der Waals surface area contributed by atoms with Crippen LogP contribution in [0.15, 0.2) is 28.8 Å². The third kappa shape index (κ3) is 4.86. The molecule has 3 N–H and O–H groups in total. The third-order valence-corrected chi connectivity index (χ3v) is 7.70. The summed E-state index contributed by atoms with van der Waals surface area (Å²) in [5.41, 5.74) is 6.94. The fourth-order valence-electron chi connectivity index (χ4n) is 4.60. The molecule has 0 spiro atoms. The monoisotopic (exact) mass is 528 g/mol. The first kappa shape index (κ1) is 25.0. The average molecular weight is 529 g/mol. The molecule has 12 heteroatoms. The maximum atomic E-state index is 13.7. The van der Waals surface area contributed by atoms with Gasteiger partial charge in [-0.15, -0.1) is 11.3 Å². The van der Waals surface area contributed by atoms with Gasteiger partial charge in [0.25, 0.3) is 18.2 Å². The van der Waals surface area contributed by atoms with Crippen LogP contribution in [0.2, 0.25) is 0 Å². The van der Waals surface area contributed by atoms with Crippen molar-refractivity contribution < 1.29 is 22.8 Å². The Morgan fingerprint density at radius 2 is 1.97 bits per heavy atom. The molecular weight excluding hydrogens is 502 g/mol. The van der Waals surface area contributed by atoms with Crippen molar-refractivity contribution in [3.63, 3.8) is 0 Å². The molecule has 0 radical (unpaired) electrons. The summed E-state index contributed by atoms with van der Waals surface area (Å²) in [7, 11) is 1.73. The number of nitrogens with one attached hydrogen (secondary N) is 1. The fraction of sp³-hybridized carbons (Fsp3) is 0.360. The molecule has 1 aliphatic rings. The highest BCUT2D eigenvalue weighted by Gasteiger charge is 2.27. The maximum Gasteiger partial charge on any atom is 0.291 e. The summed E-state index contributed by atoms with van der Waals surface area (Å²) in [6.45, 7) is 4.36. The van der Waals surface area contributed by atoms with Gasteiger partial charge in [0.1, 0.15) is 21.2 Å². The first-order valence-corrected chi connectivity index (χ1v) is 12.7. The van der Waals surface area contributed by atoms with E-state index < -0.39 is 23.9 Å². The van der Waals surface area contributed by atoms with Crippen LogP contribution in [0.4, 0.5) is 14.5 Å². The fourth-order valence-corrected chi connectivity index (χ4v) is 5.61. The number of primary amides is 1. The summed E-state index contributed by atoms with van der Waals surface area (Å²) in [6.07, 6.45) is 2.20. The van der Waals surface area contributed by atoms with Gasteiger partial charge in [-0.3, -0.25) is 19.2 Å². The summed E-state index contributed by atoms with van der Waals surface area (Å²) < 4.78 is 34.8. The van der Waals surface area contributed by atoms with Crippen molar-refractivity contribution >= 4 is 39.1 Å². The van der Waals surface area contributed by atoms with Crippen LogP contribution in [0.5, 0.6) is 0 Å². The largest absolute Gasteiger partial charge is 0.455 e. The maximum absolute atomic E-state index is 13.7. The van der Waals surface area contributed by atoms with E-state index in [2.05, 4.69) is 20.3 Å². The number of pyridine rings is 1. The summed E-state index contributed by atoms with van der Waals surface area (Å²) in [6, 6.07) is 4.59. The second-order valence-corrected chi connectivity index (χ2v) is 10.1. The summed E-state index contributed by atoms with van der Waals surface area (Å²) in [5, 5.41) is 7.30. The van der Waals surface area contributed by atoms with Crippen molar-refractivity contribution in [2.24, 2.45) is 12.8 Å². The molecule has 0 aromatic carbocycles. The van der Waals surface area contributed by atoms with Crippen LogP contribution >= 0.6 is 11.3 Å². The van der Waals surface area contributed by atoms with E-state index in [9.17, 15) is 18.4 Å². The van der Waals surface area contributed by atoms with Gasteiger partial charge >= 0.3 is 0 Å². The minimum Gasteiger partial charge on any atom is -0.455 e. The van der Waals surface area contributed by atoms with Crippen molar-refractivity contribution in [2.45, 2.75) is 39.2 Å². The number of nitrogens with two attached hydrogens (primary N) is 1. The number of fused-ring (bicyclic) bond motifs is 1. The molecular formula is C25H26F2N6O3S. The number of aromatic nitrogens is 3. The van der Waals surface area contributed by atoms with Gasteiger partial charge in [0, 0.05) is 23.7 Å². The molecule has 5 heterocycles. The smallest absolute Gasteiger partial charge is 0.291 e. The Morgan fingerprint density at radius 1 is 1.22 bits per heavy atom. The van der Waals surface area contributed by atoms with Crippen molar-refractivity contribution in [3.05, 3.63) is 52.2 Å². The number of likely N-dealkylation sites (tertiary alicyclic amines) is 1. The molecule has 0 atom stereocenters. The molecule has 9 nitrogen and oxygen atoms in total. The molecule has 0 bridgehead atoms. The van der Waals surface area contributed by atoms with E-state index >= 15 is 0 Å². The molecule has 1 aliphatic heterocycles. The molecule has 1 fully saturated rings. The molecule has 194 valence electrons. The van der Waals surface area contributed by atoms with E-state index in [-0.39, 0.29) is 21.2 Å². The zero-order valence-corrected chi connectivity index (χ0v) is 21.2. The van der Waals surface area contributed by atoms with Gasteiger partial charge in [-0.25, -0.2) is 13.8 Å². The molecule has 0 aliphatic carbocycles. The number of carbonyl (C=O) groups excluding carboxylic acids is 2. The molecule has 1 saturated heterocycles. The summed E-state index contributed by atoms with van der Waals surface area (Å²) in [4.78, 5) is 32.0. The Morgan fingerprint density at radius 3 is 2.62 bits per heavy atom. The summed E-state index contributed by atoms with van der Waals surface area (Å²) >= 11 is 0.853. The van der Waals surface area contributed by atoms with E-state index in [0.29, 0.717) is 34.5 Å². The zero-order valence-electron chi connectivity index (χ0n) is 20.4. The highest BCUT2D eigenvalue weighted by atomic mass is 32.1. The Balaban J connectivity index is 1.55. The van der Waals surface area contributed by atoms with Crippen molar-refractivity contribution in [1.29, 1.82) is 0 Å². The second-order valence-electron chi connectivity index (χ2n) is 9.07. The Kier molecular flexibility index (Phi) is 6.78. The molecule has 0 unspecified atom stereocenters. The van der Waals surface area contributed by atoms with Crippen LogP contribution < -0.4 is 11.1 Å². The number of nitrogens with zero attached hydrogens (tertiary/aromatic N) is 4. The van der Waals surface area contributed by atoms with Crippen molar-refractivity contribution in [1.82, 2.24) is 19.7 Å². The van der Waals surface area contributed by atoms with Crippen LogP contribution in [0.3, 0.4) is 0 Å². The van der Waals surface area contributed by atoms with E-state index in [4.69, 9.17) is 10.2 Å². The van der Waals surface area contributed by atoms with E-state index in [1.54, 1.807) is 37.0 Å². The lowest BCUT2D eigenvalue weighted by molar-refractivity contribution is 0.0992. The number of alkyl halides is 2. The molecule has 2 amide bonds. The number of carbonyl (C=O) groups is 2. The van der Waals surface area contributed by atoms with Crippen molar-refractivity contribution in [3.8, 4) is 11.1 Å². The minimum absolute atomic E-state index is 0.00477. The van der Waals surface area contributed by atoms with Gasteiger partial charge < -0.3 is 15.5 Å². The molecule has 5 rings (SSSR count). The number of halogens is 2. The quantitative estimate of drug-likeness (QED) is 0.353. The number of furan rings is 1. The number of anilines is 1. The molecule has 4 aromatic rings.